The van der Waals surface area contributed by atoms with Crippen LogP contribution < -0.4 is 0 Å². The van der Waals surface area contributed by atoms with Crippen molar-refractivity contribution in [3.8, 4) is 0 Å². The fourth-order valence-corrected chi connectivity index (χ4v) is 1.81. The Hall–Kier alpha value is -0.980. The van der Waals surface area contributed by atoms with Crippen molar-refractivity contribution in [2.75, 3.05) is 26.9 Å². The molecule has 5 nitrogen and oxygen atoms in total. The van der Waals surface area contributed by atoms with Gasteiger partial charge in [-0.1, -0.05) is 5.16 Å². The van der Waals surface area contributed by atoms with Crippen LogP contribution in [0.25, 0.3) is 0 Å². The predicted octanol–water partition coefficient (Wildman–Crippen LogP) is 2.00. The Morgan fingerprint density at radius 3 is 3.06 bits per heavy atom. The number of nitrogens with zero attached hydrogens (tertiary/aromatic N) is 2. The second-order valence-electron chi connectivity index (χ2n) is 3.90. The Kier molecular flexibility index (Phi) is 5.10. The van der Waals surface area contributed by atoms with E-state index in [9.17, 15) is 0 Å². The van der Waals surface area contributed by atoms with Crippen molar-refractivity contribution in [1.82, 2.24) is 4.98 Å². The summed E-state index contributed by atoms with van der Waals surface area (Å²) in [4.78, 5) is 9.59. The van der Waals surface area contributed by atoms with Gasteiger partial charge in [0.15, 0.2) is 6.10 Å². The summed E-state index contributed by atoms with van der Waals surface area (Å²) in [5.74, 6) is 0. The quantitative estimate of drug-likeness (QED) is 0.754. The third-order valence-electron chi connectivity index (χ3n) is 2.49. The number of ether oxygens (including phenoxy) is 2. The van der Waals surface area contributed by atoms with Gasteiger partial charge in [0.05, 0.1) is 25.5 Å². The molecule has 0 spiro atoms. The molecule has 0 amide bonds. The summed E-state index contributed by atoms with van der Waals surface area (Å²) in [5.41, 5.74) is 1.71. The van der Waals surface area contributed by atoms with E-state index in [2.05, 4.69) is 26.1 Å². The zero-order valence-electron chi connectivity index (χ0n) is 10.1. The maximum atomic E-state index is 5.41. The van der Waals surface area contributed by atoms with E-state index in [0.29, 0.717) is 19.8 Å². The Bertz CT molecular complexity index is 408. The molecule has 0 aliphatic carbocycles. The molecule has 0 radical (unpaired) electrons. The number of hydrogen-bond acceptors (Lipinski definition) is 5. The maximum Gasteiger partial charge on any atom is 0.156 e. The summed E-state index contributed by atoms with van der Waals surface area (Å²) in [6.07, 6.45) is 2.45. The standard InChI is InChI=1S/C12H15BrN2O3/c1-16-4-5-17-8-10-6-12(15-18-10)11-3-2-9(13)7-14-11/h2-3,7,10H,4-6,8H2,1H3/t10-/m0/s1. The van der Waals surface area contributed by atoms with Crippen LogP contribution in [0.2, 0.25) is 0 Å². The first-order chi connectivity index (χ1) is 8.79. The van der Waals surface area contributed by atoms with E-state index < -0.39 is 0 Å². The second kappa shape index (κ2) is 6.82. The summed E-state index contributed by atoms with van der Waals surface area (Å²) in [6.45, 7) is 1.68. The largest absolute Gasteiger partial charge is 0.389 e. The first-order valence-electron chi connectivity index (χ1n) is 5.71. The van der Waals surface area contributed by atoms with Crippen LogP contribution in [0, 0.1) is 0 Å². The summed E-state index contributed by atoms with van der Waals surface area (Å²) in [6, 6.07) is 3.85. The smallest absolute Gasteiger partial charge is 0.156 e. The Labute approximate surface area is 114 Å². The maximum absolute atomic E-state index is 5.41. The van der Waals surface area contributed by atoms with Crippen LogP contribution in [0.4, 0.5) is 0 Å². The zero-order valence-corrected chi connectivity index (χ0v) is 11.7. The molecule has 0 fully saturated rings. The van der Waals surface area contributed by atoms with Crippen LogP contribution in [0.5, 0.6) is 0 Å². The topological polar surface area (TPSA) is 52.9 Å². The molecule has 0 saturated carbocycles. The molecular formula is C12H15BrN2O3. The van der Waals surface area contributed by atoms with Gasteiger partial charge in [-0.05, 0) is 28.1 Å². The predicted molar refractivity (Wildman–Crippen MR) is 70.7 cm³/mol. The average molecular weight is 315 g/mol. The van der Waals surface area contributed by atoms with E-state index in [0.717, 1.165) is 22.3 Å². The van der Waals surface area contributed by atoms with Crippen LogP contribution in [-0.4, -0.2) is 43.7 Å². The van der Waals surface area contributed by atoms with Gasteiger partial charge in [0, 0.05) is 24.2 Å². The molecule has 6 heteroatoms. The van der Waals surface area contributed by atoms with Crippen LogP contribution in [0.1, 0.15) is 12.1 Å². The van der Waals surface area contributed by atoms with Gasteiger partial charge in [-0.25, -0.2) is 0 Å². The minimum atomic E-state index is -0.0256. The number of aromatic nitrogens is 1. The van der Waals surface area contributed by atoms with Crippen molar-refractivity contribution in [2.24, 2.45) is 5.16 Å². The van der Waals surface area contributed by atoms with Crippen LogP contribution >= 0.6 is 15.9 Å². The highest BCUT2D eigenvalue weighted by Crippen LogP contribution is 2.17. The fourth-order valence-electron chi connectivity index (χ4n) is 1.57. The number of oxime groups is 1. The van der Waals surface area contributed by atoms with Crippen molar-refractivity contribution >= 4 is 21.6 Å². The third-order valence-corrected chi connectivity index (χ3v) is 2.96. The highest BCUT2D eigenvalue weighted by atomic mass is 79.9. The normalized spacial score (nSPS) is 18.6. The number of pyridine rings is 1. The molecule has 0 aromatic carbocycles. The summed E-state index contributed by atoms with van der Waals surface area (Å²) in [5, 5.41) is 4.04. The number of halogens is 1. The minimum Gasteiger partial charge on any atom is -0.389 e. The van der Waals surface area contributed by atoms with E-state index in [4.69, 9.17) is 14.3 Å². The lowest BCUT2D eigenvalue weighted by Crippen LogP contribution is -2.18. The first kappa shape index (κ1) is 13.5. The molecule has 1 aromatic rings. The molecule has 0 bridgehead atoms. The Morgan fingerprint density at radius 2 is 2.33 bits per heavy atom. The molecule has 98 valence electrons. The van der Waals surface area contributed by atoms with Crippen molar-refractivity contribution in [1.29, 1.82) is 0 Å². The van der Waals surface area contributed by atoms with Crippen LogP contribution in [0.15, 0.2) is 28.0 Å². The Morgan fingerprint density at radius 1 is 1.44 bits per heavy atom. The molecule has 0 N–H and O–H groups in total. The third kappa shape index (κ3) is 3.76. The van der Waals surface area contributed by atoms with Gasteiger partial charge >= 0.3 is 0 Å². The number of rotatable bonds is 6. The second-order valence-corrected chi connectivity index (χ2v) is 4.81. The zero-order chi connectivity index (χ0) is 12.8. The van der Waals surface area contributed by atoms with Crippen molar-refractivity contribution < 1.29 is 14.3 Å². The molecule has 2 rings (SSSR count). The fraction of sp³-hybridized carbons (Fsp3) is 0.500. The summed E-state index contributed by atoms with van der Waals surface area (Å²) < 4.78 is 11.3. The van der Waals surface area contributed by atoms with Crippen molar-refractivity contribution in [3.05, 3.63) is 28.5 Å². The molecule has 1 atom stereocenters. The summed E-state index contributed by atoms with van der Waals surface area (Å²) >= 11 is 3.35. The SMILES string of the molecule is COCCOC[C@@H]1CC(c2ccc(Br)cn2)=NO1. The number of hydrogen-bond donors (Lipinski definition) is 0. The van der Waals surface area contributed by atoms with E-state index in [1.54, 1.807) is 13.3 Å². The van der Waals surface area contributed by atoms with Gasteiger partial charge in [0.2, 0.25) is 0 Å². The van der Waals surface area contributed by atoms with Gasteiger partial charge in [-0.2, -0.15) is 0 Å². The lowest BCUT2D eigenvalue weighted by molar-refractivity contribution is -0.0110. The van der Waals surface area contributed by atoms with Gasteiger partial charge < -0.3 is 14.3 Å². The number of methoxy groups -OCH3 is 1. The lowest BCUT2D eigenvalue weighted by atomic mass is 10.1. The molecule has 0 saturated heterocycles. The van der Waals surface area contributed by atoms with E-state index in [1.165, 1.54) is 0 Å². The minimum absolute atomic E-state index is 0.0256. The monoisotopic (exact) mass is 314 g/mol. The van der Waals surface area contributed by atoms with E-state index in [-0.39, 0.29) is 6.10 Å². The molecule has 1 aliphatic rings. The van der Waals surface area contributed by atoms with E-state index >= 15 is 0 Å². The average Bonchev–Trinajstić information content (AvgIpc) is 2.84. The van der Waals surface area contributed by atoms with Gasteiger partial charge in [0.1, 0.15) is 5.71 Å². The highest BCUT2D eigenvalue weighted by Gasteiger charge is 2.22. The van der Waals surface area contributed by atoms with Crippen LogP contribution in [-0.2, 0) is 14.3 Å². The highest BCUT2D eigenvalue weighted by molar-refractivity contribution is 9.10. The Balaban J connectivity index is 1.79. The van der Waals surface area contributed by atoms with Crippen molar-refractivity contribution in [3.63, 3.8) is 0 Å². The first-order valence-corrected chi connectivity index (χ1v) is 6.50. The van der Waals surface area contributed by atoms with Crippen LogP contribution in [0.3, 0.4) is 0 Å². The van der Waals surface area contributed by atoms with Gasteiger partial charge in [0.25, 0.3) is 0 Å². The van der Waals surface area contributed by atoms with E-state index in [1.807, 2.05) is 12.1 Å². The molecular weight excluding hydrogens is 300 g/mol. The molecule has 1 aromatic heterocycles. The van der Waals surface area contributed by atoms with Gasteiger partial charge in [-0.15, -0.1) is 0 Å². The molecule has 18 heavy (non-hydrogen) atoms. The summed E-state index contributed by atoms with van der Waals surface area (Å²) in [7, 11) is 1.65. The lowest BCUT2D eigenvalue weighted by Gasteiger charge is -2.08. The molecule has 0 unspecified atom stereocenters. The van der Waals surface area contributed by atoms with Gasteiger partial charge in [-0.3, -0.25) is 4.98 Å². The molecule has 1 aliphatic heterocycles. The molecule has 2 heterocycles. The van der Waals surface area contributed by atoms with Crippen molar-refractivity contribution in [2.45, 2.75) is 12.5 Å².